The van der Waals surface area contributed by atoms with Gasteiger partial charge in [-0.2, -0.15) is 0 Å². The summed E-state index contributed by atoms with van der Waals surface area (Å²) in [6, 6.07) is 8.24. The van der Waals surface area contributed by atoms with Crippen LogP contribution in [0.3, 0.4) is 0 Å². The Hall–Kier alpha value is -1.26. The van der Waals surface area contributed by atoms with Crippen molar-refractivity contribution in [1.82, 2.24) is 4.90 Å². The maximum Gasteiger partial charge on any atom is 0.307 e. The second-order valence-corrected chi connectivity index (χ2v) is 5.49. The molecule has 120 valence electrons. The van der Waals surface area contributed by atoms with Gasteiger partial charge in [0.15, 0.2) is 0 Å². The van der Waals surface area contributed by atoms with Crippen molar-refractivity contribution >= 4 is 18.4 Å². The van der Waals surface area contributed by atoms with Crippen molar-refractivity contribution in [3.8, 4) is 5.75 Å². The minimum absolute atomic E-state index is 0. The quantitative estimate of drug-likeness (QED) is 0.800. The summed E-state index contributed by atoms with van der Waals surface area (Å²) in [5.74, 6) is -0.0326. The molecule has 1 aromatic rings. The summed E-state index contributed by atoms with van der Waals surface area (Å²) in [5.41, 5.74) is 0.788. The van der Waals surface area contributed by atoms with Gasteiger partial charge < -0.3 is 9.84 Å². The van der Waals surface area contributed by atoms with Crippen LogP contribution in [0.2, 0.25) is 0 Å². The van der Waals surface area contributed by atoms with Gasteiger partial charge in [0.05, 0.1) is 6.42 Å². The zero-order chi connectivity index (χ0) is 15.1. The summed E-state index contributed by atoms with van der Waals surface area (Å²) in [6.45, 7) is 10.2. The van der Waals surface area contributed by atoms with Gasteiger partial charge in [-0.3, -0.25) is 9.69 Å². The molecule has 5 heteroatoms. The van der Waals surface area contributed by atoms with Crippen LogP contribution in [0.25, 0.3) is 0 Å². The fourth-order valence-corrected chi connectivity index (χ4v) is 2.26. The second-order valence-electron chi connectivity index (χ2n) is 5.49. The topological polar surface area (TPSA) is 49.8 Å². The highest BCUT2D eigenvalue weighted by molar-refractivity contribution is 5.85. The molecular weight excluding hydrogens is 290 g/mol. The Morgan fingerprint density at radius 1 is 1.14 bits per heavy atom. The molecule has 0 aliphatic rings. The highest BCUT2D eigenvalue weighted by Crippen LogP contribution is 2.13. The van der Waals surface area contributed by atoms with E-state index in [0.29, 0.717) is 18.7 Å². The van der Waals surface area contributed by atoms with Gasteiger partial charge in [-0.05, 0) is 45.4 Å². The summed E-state index contributed by atoms with van der Waals surface area (Å²) in [4.78, 5) is 13.0. The molecule has 0 aliphatic heterocycles. The molecule has 0 radical (unpaired) electrons. The van der Waals surface area contributed by atoms with E-state index in [0.717, 1.165) is 17.9 Å². The van der Waals surface area contributed by atoms with Crippen molar-refractivity contribution < 1.29 is 14.6 Å². The second kappa shape index (κ2) is 9.64. The molecule has 0 unspecified atom stereocenters. The Balaban J connectivity index is 0.00000400. The molecular formula is C16H26ClNO3. The van der Waals surface area contributed by atoms with Crippen LogP contribution in [0.4, 0.5) is 0 Å². The predicted octanol–water partition coefficient (Wildman–Crippen LogP) is 3.23. The molecule has 1 N–H and O–H groups in total. The van der Waals surface area contributed by atoms with Gasteiger partial charge in [-0.15, -0.1) is 12.4 Å². The van der Waals surface area contributed by atoms with Gasteiger partial charge in [0, 0.05) is 18.6 Å². The molecule has 21 heavy (non-hydrogen) atoms. The summed E-state index contributed by atoms with van der Waals surface area (Å²) in [7, 11) is 0. The van der Waals surface area contributed by atoms with Crippen molar-refractivity contribution in [2.24, 2.45) is 0 Å². The van der Waals surface area contributed by atoms with Gasteiger partial charge in [-0.25, -0.2) is 0 Å². The van der Waals surface area contributed by atoms with Gasteiger partial charge in [0.1, 0.15) is 12.4 Å². The van der Waals surface area contributed by atoms with E-state index in [9.17, 15) is 4.79 Å². The molecule has 0 fully saturated rings. The number of halogens is 1. The number of hydrogen-bond donors (Lipinski definition) is 1. The lowest BCUT2D eigenvalue weighted by Gasteiger charge is -2.30. The first-order valence-corrected chi connectivity index (χ1v) is 7.09. The van der Waals surface area contributed by atoms with Gasteiger partial charge in [0.2, 0.25) is 0 Å². The van der Waals surface area contributed by atoms with E-state index < -0.39 is 5.97 Å². The molecule has 0 aromatic heterocycles. The Labute approximate surface area is 133 Å². The monoisotopic (exact) mass is 315 g/mol. The van der Waals surface area contributed by atoms with Crippen molar-refractivity contribution in [2.75, 3.05) is 13.2 Å². The standard InChI is InChI=1S/C16H25NO3.ClH/c1-12(2)17(13(3)4)9-10-20-15-7-5-14(6-8-15)11-16(18)19;/h5-8,12-13H,9-11H2,1-4H3,(H,18,19);1H. The minimum Gasteiger partial charge on any atom is -0.492 e. The molecule has 0 aliphatic carbocycles. The number of ether oxygens (including phenoxy) is 1. The smallest absolute Gasteiger partial charge is 0.307 e. The first-order valence-electron chi connectivity index (χ1n) is 7.09. The molecule has 1 rings (SSSR count). The lowest BCUT2D eigenvalue weighted by molar-refractivity contribution is -0.136. The van der Waals surface area contributed by atoms with Gasteiger partial charge >= 0.3 is 5.97 Å². The van der Waals surface area contributed by atoms with E-state index >= 15 is 0 Å². The molecule has 0 saturated heterocycles. The Kier molecular flexibility index (Phi) is 9.06. The Morgan fingerprint density at radius 3 is 2.10 bits per heavy atom. The number of aliphatic carboxylic acids is 1. The molecule has 0 bridgehead atoms. The molecule has 1 aromatic carbocycles. The average Bonchev–Trinajstić information content (AvgIpc) is 2.35. The Bertz CT molecular complexity index is 410. The van der Waals surface area contributed by atoms with E-state index in [4.69, 9.17) is 9.84 Å². The molecule has 0 saturated carbocycles. The van der Waals surface area contributed by atoms with Crippen LogP contribution in [0.5, 0.6) is 5.75 Å². The van der Waals surface area contributed by atoms with Crippen LogP contribution in [0.1, 0.15) is 33.3 Å². The SMILES string of the molecule is CC(C)N(CCOc1ccc(CC(=O)O)cc1)C(C)C.Cl. The van der Waals surface area contributed by atoms with E-state index in [-0.39, 0.29) is 18.8 Å². The predicted molar refractivity (Wildman–Crippen MR) is 87.5 cm³/mol. The van der Waals surface area contributed by atoms with Crippen molar-refractivity contribution in [3.63, 3.8) is 0 Å². The number of carboxylic acid groups (broad SMARTS) is 1. The number of benzene rings is 1. The van der Waals surface area contributed by atoms with E-state index in [1.807, 2.05) is 12.1 Å². The maximum absolute atomic E-state index is 10.6. The van der Waals surface area contributed by atoms with Crippen molar-refractivity contribution in [1.29, 1.82) is 0 Å². The first-order chi connectivity index (χ1) is 9.40. The lowest BCUT2D eigenvalue weighted by atomic mass is 10.1. The number of rotatable bonds is 8. The normalized spacial score (nSPS) is 10.8. The fraction of sp³-hybridized carbons (Fsp3) is 0.562. The average molecular weight is 316 g/mol. The summed E-state index contributed by atoms with van der Waals surface area (Å²) in [6.07, 6.45) is 0.0504. The number of carbonyl (C=O) groups is 1. The summed E-state index contributed by atoms with van der Waals surface area (Å²) in [5, 5.41) is 8.71. The molecule has 0 spiro atoms. The van der Waals surface area contributed by atoms with Gasteiger partial charge in [-0.1, -0.05) is 12.1 Å². The van der Waals surface area contributed by atoms with Crippen molar-refractivity contribution in [3.05, 3.63) is 29.8 Å². The maximum atomic E-state index is 10.6. The minimum atomic E-state index is -0.817. The van der Waals surface area contributed by atoms with Gasteiger partial charge in [0.25, 0.3) is 0 Å². The number of nitrogens with zero attached hydrogens (tertiary/aromatic N) is 1. The van der Waals surface area contributed by atoms with Crippen LogP contribution in [0, 0.1) is 0 Å². The molecule has 4 nitrogen and oxygen atoms in total. The summed E-state index contributed by atoms with van der Waals surface area (Å²) < 4.78 is 5.71. The third-order valence-corrected chi connectivity index (χ3v) is 3.22. The van der Waals surface area contributed by atoms with Crippen LogP contribution in [0.15, 0.2) is 24.3 Å². The largest absolute Gasteiger partial charge is 0.492 e. The van der Waals surface area contributed by atoms with Crippen molar-refractivity contribution in [2.45, 2.75) is 46.2 Å². The summed E-state index contributed by atoms with van der Waals surface area (Å²) >= 11 is 0. The number of carboxylic acids is 1. The molecule has 0 atom stereocenters. The molecule has 0 heterocycles. The van der Waals surface area contributed by atoms with E-state index in [1.54, 1.807) is 12.1 Å². The fourth-order valence-electron chi connectivity index (χ4n) is 2.26. The lowest BCUT2D eigenvalue weighted by Crippen LogP contribution is -2.39. The zero-order valence-corrected chi connectivity index (χ0v) is 14.0. The Morgan fingerprint density at radius 2 is 1.67 bits per heavy atom. The molecule has 0 amide bonds. The highest BCUT2D eigenvalue weighted by atomic mass is 35.5. The zero-order valence-electron chi connectivity index (χ0n) is 13.2. The van der Waals surface area contributed by atoms with E-state index in [2.05, 4.69) is 32.6 Å². The third kappa shape index (κ3) is 7.34. The number of hydrogen-bond acceptors (Lipinski definition) is 3. The van der Waals surface area contributed by atoms with Crippen LogP contribution in [-0.4, -0.2) is 41.2 Å². The van der Waals surface area contributed by atoms with E-state index in [1.165, 1.54) is 0 Å². The van der Waals surface area contributed by atoms with Crippen LogP contribution in [-0.2, 0) is 11.2 Å². The highest BCUT2D eigenvalue weighted by Gasteiger charge is 2.12. The van der Waals surface area contributed by atoms with Crippen LogP contribution < -0.4 is 4.74 Å². The van der Waals surface area contributed by atoms with Crippen LogP contribution >= 0.6 is 12.4 Å². The first kappa shape index (κ1) is 19.7. The third-order valence-electron chi connectivity index (χ3n) is 3.22.